The lowest BCUT2D eigenvalue weighted by molar-refractivity contribution is -0.165. The van der Waals surface area contributed by atoms with Gasteiger partial charge in [0.05, 0.1) is 0 Å². The van der Waals surface area contributed by atoms with Crippen LogP contribution in [0.3, 0.4) is 0 Å². The maximum atomic E-state index is 11.8. The van der Waals surface area contributed by atoms with Gasteiger partial charge in [-0.05, 0) is 12.1 Å². The Morgan fingerprint density at radius 2 is 1.87 bits per heavy atom. The normalized spacial score (nSPS) is 12.6. The van der Waals surface area contributed by atoms with E-state index in [1.807, 2.05) is 0 Å². The molecule has 0 fully saturated rings. The third-order valence-electron chi connectivity index (χ3n) is 1.52. The first-order valence-corrected chi connectivity index (χ1v) is 3.83. The first kappa shape index (κ1) is 11.2. The van der Waals surface area contributed by atoms with Crippen molar-refractivity contribution in [2.24, 2.45) is 0 Å². The lowest BCUT2D eigenvalue weighted by atomic mass is 10.2. The molecule has 6 heteroatoms. The molecule has 1 aromatic heterocycles. The van der Waals surface area contributed by atoms with Gasteiger partial charge in [-0.1, -0.05) is 0 Å². The molecule has 0 aliphatic carbocycles. The number of ketones is 1. The first-order chi connectivity index (χ1) is 6.91. The fourth-order valence-electron chi connectivity index (χ4n) is 0.812. The van der Waals surface area contributed by atoms with Crippen molar-refractivity contribution in [2.75, 3.05) is 0 Å². The number of aliphatic hydroxyl groups excluding tert-OH is 1. The molecule has 15 heavy (non-hydrogen) atoms. The minimum absolute atomic E-state index is 0.0996. The monoisotopic (exact) mass is 217 g/mol. The van der Waals surface area contributed by atoms with Gasteiger partial charge in [0.1, 0.15) is 5.76 Å². The van der Waals surface area contributed by atoms with Gasteiger partial charge in [-0.15, -0.1) is 0 Å². The Balaban J connectivity index is 2.91. The van der Waals surface area contributed by atoms with Gasteiger partial charge in [0.2, 0.25) is 0 Å². The molecule has 0 amide bonds. The van der Waals surface area contributed by atoms with Gasteiger partial charge in [0.25, 0.3) is 5.78 Å². The molecule has 1 heterocycles. The fourth-order valence-corrected chi connectivity index (χ4v) is 0.812. The number of alkyl halides is 3. The Kier molecular flexibility index (Phi) is 3.08. The third-order valence-corrected chi connectivity index (χ3v) is 1.52. The van der Waals surface area contributed by atoms with Crippen molar-refractivity contribution in [3.05, 3.63) is 36.2 Å². The molecule has 0 aliphatic rings. The molecule has 0 saturated carbocycles. The molecular weight excluding hydrogens is 211 g/mol. The molecule has 0 unspecified atom stereocenters. The summed E-state index contributed by atoms with van der Waals surface area (Å²) in [5, 5.41) is 9.17. The van der Waals surface area contributed by atoms with Crippen molar-refractivity contribution in [3.8, 4) is 0 Å². The van der Waals surface area contributed by atoms with Gasteiger partial charge in [0, 0.05) is 24.0 Å². The number of aromatic nitrogens is 1. The highest BCUT2D eigenvalue weighted by atomic mass is 19.4. The van der Waals surface area contributed by atoms with Crippen LogP contribution in [0.25, 0.3) is 5.76 Å². The highest BCUT2D eigenvalue weighted by Crippen LogP contribution is 2.19. The Morgan fingerprint density at radius 3 is 2.33 bits per heavy atom. The molecule has 0 saturated heterocycles. The quantitative estimate of drug-likeness (QED) is 0.609. The summed E-state index contributed by atoms with van der Waals surface area (Å²) < 4.78 is 35.4. The van der Waals surface area contributed by atoms with Crippen LogP contribution in [0, 0.1) is 0 Å². The summed E-state index contributed by atoms with van der Waals surface area (Å²) in [4.78, 5) is 14.1. The van der Waals surface area contributed by atoms with Crippen molar-refractivity contribution >= 4 is 11.5 Å². The lowest BCUT2D eigenvalue weighted by Gasteiger charge is -2.02. The molecule has 0 atom stereocenters. The molecule has 0 radical (unpaired) electrons. The van der Waals surface area contributed by atoms with Gasteiger partial charge in [-0.3, -0.25) is 9.78 Å². The van der Waals surface area contributed by atoms with E-state index in [4.69, 9.17) is 5.11 Å². The van der Waals surface area contributed by atoms with Crippen LogP contribution in [0.5, 0.6) is 0 Å². The fraction of sp³-hybridized carbons (Fsp3) is 0.111. The van der Waals surface area contributed by atoms with E-state index < -0.39 is 17.7 Å². The molecule has 1 rings (SSSR count). The van der Waals surface area contributed by atoms with E-state index in [1.54, 1.807) is 0 Å². The number of nitrogens with zero attached hydrogens (tertiary/aromatic N) is 1. The van der Waals surface area contributed by atoms with E-state index in [1.165, 1.54) is 24.5 Å². The number of aliphatic hydroxyl groups is 1. The molecule has 3 nitrogen and oxygen atoms in total. The summed E-state index contributed by atoms with van der Waals surface area (Å²) in [5.74, 6) is -2.84. The summed E-state index contributed by atoms with van der Waals surface area (Å²) >= 11 is 0. The minimum atomic E-state index is -4.97. The molecule has 0 spiro atoms. The Bertz CT molecular complexity index is 384. The zero-order chi connectivity index (χ0) is 11.5. The van der Waals surface area contributed by atoms with Crippen molar-refractivity contribution in [1.29, 1.82) is 0 Å². The second-order valence-electron chi connectivity index (χ2n) is 2.63. The number of carbonyl (C=O) groups excluding carboxylic acids is 1. The van der Waals surface area contributed by atoms with Crippen LogP contribution in [-0.2, 0) is 4.79 Å². The Morgan fingerprint density at radius 1 is 1.33 bits per heavy atom. The minimum Gasteiger partial charge on any atom is -0.507 e. The van der Waals surface area contributed by atoms with E-state index in [0.29, 0.717) is 0 Å². The van der Waals surface area contributed by atoms with Gasteiger partial charge in [0.15, 0.2) is 0 Å². The number of hydrogen-bond donors (Lipinski definition) is 1. The van der Waals surface area contributed by atoms with E-state index in [9.17, 15) is 18.0 Å². The number of hydrogen-bond acceptors (Lipinski definition) is 3. The SMILES string of the molecule is O=C(/C=C(/O)c1ccncc1)C(F)(F)F. The number of halogens is 3. The highest BCUT2D eigenvalue weighted by molar-refractivity contribution is 5.99. The largest absolute Gasteiger partial charge is 0.507 e. The van der Waals surface area contributed by atoms with E-state index in [2.05, 4.69) is 4.98 Å². The molecule has 80 valence electrons. The molecule has 1 aromatic rings. The predicted molar refractivity (Wildman–Crippen MR) is 45.9 cm³/mol. The highest BCUT2D eigenvalue weighted by Gasteiger charge is 2.36. The van der Waals surface area contributed by atoms with Crippen LogP contribution < -0.4 is 0 Å². The van der Waals surface area contributed by atoms with Crippen LogP contribution in [0.1, 0.15) is 5.56 Å². The van der Waals surface area contributed by atoms with Crippen LogP contribution >= 0.6 is 0 Å². The molecule has 0 aliphatic heterocycles. The van der Waals surface area contributed by atoms with Crippen LogP contribution in [0.15, 0.2) is 30.6 Å². The second-order valence-corrected chi connectivity index (χ2v) is 2.63. The summed E-state index contributed by atoms with van der Waals surface area (Å²) in [5.41, 5.74) is 0.0996. The predicted octanol–water partition coefficient (Wildman–Crippen LogP) is 2.11. The van der Waals surface area contributed by atoms with Gasteiger partial charge in [-0.25, -0.2) is 0 Å². The van der Waals surface area contributed by atoms with Crippen LogP contribution in [0.4, 0.5) is 13.2 Å². The number of carbonyl (C=O) groups is 1. The van der Waals surface area contributed by atoms with Gasteiger partial charge < -0.3 is 5.11 Å². The van der Waals surface area contributed by atoms with Crippen LogP contribution in [0.2, 0.25) is 0 Å². The number of rotatable bonds is 2. The zero-order valence-electron chi connectivity index (χ0n) is 7.32. The summed E-state index contributed by atoms with van der Waals surface area (Å²) in [7, 11) is 0. The summed E-state index contributed by atoms with van der Waals surface area (Å²) in [6.45, 7) is 0. The maximum absolute atomic E-state index is 11.8. The van der Waals surface area contributed by atoms with Crippen LogP contribution in [-0.4, -0.2) is 22.1 Å². The molecular formula is C9H6F3NO2. The van der Waals surface area contributed by atoms with Crippen molar-refractivity contribution < 1.29 is 23.1 Å². The Hall–Kier alpha value is -1.85. The topological polar surface area (TPSA) is 50.2 Å². The molecule has 0 bridgehead atoms. The Labute approximate surface area is 82.9 Å². The first-order valence-electron chi connectivity index (χ1n) is 3.83. The van der Waals surface area contributed by atoms with E-state index >= 15 is 0 Å². The molecule has 1 N–H and O–H groups in total. The summed E-state index contributed by atoms with van der Waals surface area (Å²) in [6, 6.07) is 2.57. The standard InChI is InChI=1S/C9H6F3NO2/c10-9(11,12)8(15)5-7(14)6-1-3-13-4-2-6/h1-5,14H/b7-5+. The lowest BCUT2D eigenvalue weighted by Crippen LogP contribution is -2.20. The van der Waals surface area contributed by atoms with Gasteiger partial charge in [-0.2, -0.15) is 13.2 Å². The third kappa shape index (κ3) is 3.08. The number of pyridine rings is 1. The van der Waals surface area contributed by atoms with Crippen molar-refractivity contribution in [3.63, 3.8) is 0 Å². The smallest absolute Gasteiger partial charge is 0.454 e. The summed E-state index contributed by atoms with van der Waals surface area (Å²) in [6.07, 6.45) is -2.26. The van der Waals surface area contributed by atoms with E-state index in [-0.39, 0.29) is 11.6 Å². The average molecular weight is 217 g/mol. The zero-order valence-corrected chi connectivity index (χ0v) is 7.32. The maximum Gasteiger partial charge on any atom is 0.454 e. The van der Waals surface area contributed by atoms with E-state index in [0.717, 1.165) is 0 Å². The van der Waals surface area contributed by atoms with Gasteiger partial charge >= 0.3 is 6.18 Å². The average Bonchev–Trinajstić information content (AvgIpc) is 2.17. The second kappa shape index (κ2) is 4.12. The van der Waals surface area contributed by atoms with Crippen molar-refractivity contribution in [1.82, 2.24) is 4.98 Å². The molecule has 0 aromatic carbocycles. The van der Waals surface area contributed by atoms with Crippen molar-refractivity contribution in [2.45, 2.75) is 6.18 Å². The number of allylic oxidation sites excluding steroid dienone is 1.